The number of nitrogens with two attached hydrogens (primary N) is 1. The predicted molar refractivity (Wildman–Crippen MR) is 74.4 cm³/mol. The maximum absolute atomic E-state index is 11.1. The highest BCUT2D eigenvalue weighted by atomic mass is 32.2. The van der Waals surface area contributed by atoms with Gasteiger partial charge >= 0.3 is 0 Å². The van der Waals surface area contributed by atoms with E-state index in [4.69, 9.17) is 5.73 Å². The number of anilines is 1. The van der Waals surface area contributed by atoms with Crippen LogP contribution in [0.5, 0.6) is 0 Å². The van der Waals surface area contributed by atoms with Gasteiger partial charge in [0.15, 0.2) is 0 Å². The molecule has 0 bridgehead atoms. The molecule has 0 amide bonds. The number of pyridine rings is 1. The van der Waals surface area contributed by atoms with Crippen molar-refractivity contribution in [1.82, 2.24) is 4.98 Å². The molecule has 0 aliphatic rings. The van der Waals surface area contributed by atoms with Gasteiger partial charge in [0, 0.05) is 25.9 Å². The summed E-state index contributed by atoms with van der Waals surface area (Å²) in [5, 5.41) is 0. The van der Waals surface area contributed by atoms with Crippen LogP contribution in [0, 0.1) is 0 Å². The average Bonchev–Trinajstić information content (AvgIpc) is 2.34. The molecule has 1 atom stereocenters. The van der Waals surface area contributed by atoms with Crippen molar-refractivity contribution in [2.75, 3.05) is 30.5 Å². The Morgan fingerprint density at radius 3 is 2.56 bits per heavy atom. The van der Waals surface area contributed by atoms with Gasteiger partial charge < -0.3 is 10.6 Å². The van der Waals surface area contributed by atoms with Gasteiger partial charge in [-0.1, -0.05) is 6.92 Å². The number of nitrogens with zero attached hydrogens (tertiary/aromatic N) is 2. The van der Waals surface area contributed by atoms with E-state index >= 15 is 0 Å². The largest absolute Gasteiger partial charge is 0.372 e. The summed E-state index contributed by atoms with van der Waals surface area (Å²) in [6.45, 7) is 2.47. The van der Waals surface area contributed by atoms with Crippen molar-refractivity contribution in [3.63, 3.8) is 0 Å². The Morgan fingerprint density at radius 2 is 2.11 bits per heavy atom. The Hall–Kier alpha value is -1.14. The topological polar surface area (TPSA) is 76.3 Å². The lowest BCUT2D eigenvalue weighted by atomic mass is 10.1. The monoisotopic (exact) mass is 271 g/mol. The van der Waals surface area contributed by atoms with E-state index in [1.54, 1.807) is 6.20 Å². The van der Waals surface area contributed by atoms with Gasteiger partial charge in [-0.05, 0) is 18.6 Å². The molecule has 18 heavy (non-hydrogen) atoms. The first-order valence-electron chi connectivity index (χ1n) is 5.94. The van der Waals surface area contributed by atoms with E-state index in [1.807, 2.05) is 31.0 Å². The summed E-state index contributed by atoms with van der Waals surface area (Å²) in [4.78, 5) is 6.17. The molecule has 1 heterocycles. The smallest absolute Gasteiger partial charge is 0.149 e. The Bertz CT molecular complexity index is 471. The molecule has 0 saturated heterocycles. The Kier molecular flexibility index (Phi) is 5.10. The quantitative estimate of drug-likeness (QED) is 0.834. The van der Waals surface area contributed by atoms with Crippen molar-refractivity contribution in [1.29, 1.82) is 0 Å². The van der Waals surface area contributed by atoms with Crippen LogP contribution in [0.4, 0.5) is 5.69 Å². The Morgan fingerprint density at radius 1 is 1.44 bits per heavy atom. The van der Waals surface area contributed by atoms with Gasteiger partial charge in [-0.15, -0.1) is 0 Å². The van der Waals surface area contributed by atoms with Gasteiger partial charge in [-0.25, -0.2) is 8.42 Å². The molecular formula is C12H21N3O2S. The second kappa shape index (κ2) is 6.15. The minimum absolute atomic E-state index is 0.0413. The van der Waals surface area contributed by atoms with Crippen molar-refractivity contribution in [3.05, 3.63) is 24.0 Å². The zero-order valence-corrected chi connectivity index (χ0v) is 11.9. The van der Waals surface area contributed by atoms with Gasteiger partial charge in [0.05, 0.1) is 23.3 Å². The van der Waals surface area contributed by atoms with Crippen LogP contribution in [0.25, 0.3) is 0 Å². The molecule has 1 unspecified atom stereocenters. The lowest BCUT2D eigenvalue weighted by molar-refractivity contribution is 0.601. The summed E-state index contributed by atoms with van der Waals surface area (Å²) in [6.07, 6.45) is 3.81. The molecule has 102 valence electrons. The first-order valence-corrected chi connectivity index (χ1v) is 8.00. The van der Waals surface area contributed by atoms with Crippen LogP contribution in [0.3, 0.4) is 0 Å². The molecule has 0 aliphatic heterocycles. The van der Waals surface area contributed by atoms with Crippen molar-refractivity contribution >= 4 is 15.5 Å². The van der Waals surface area contributed by atoms with Crippen LogP contribution in [0.2, 0.25) is 0 Å². The summed E-state index contributed by atoms with van der Waals surface area (Å²) in [5.74, 6) is 0.139. The van der Waals surface area contributed by atoms with Crippen molar-refractivity contribution < 1.29 is 8.42 Å². The summed E-state index contributed by atoms with van der Waals surface area (Å²) < 4.78 is 22.2. The highest BCUT2D eigenvalue weighted by Crippen LogP contribution is 2.15. The standard InChI is InChI=1S/C12H21N3O2S/c1-4-11(13)12-6-5-10(9-14-12)15(2)7-8-18(3,16)17/h5-6,9,11H,4,7-8,13H2,1-3H3. The molecule has 0 radical (unpaired) electrons. The number of aromatic nitrogens is 1. The molecule has 1 rings (SSSR count). The fourth-order valence-electron chi connectivity index (χ4n) is 1.48. The molecule has 2 N–H and O–H groups in total. The van der Waals surface area contributed by atoms with Crippen LogP contribution >= 0.6 is 0 Å². The van der Waals surface area contributed by atoms with Crippen LogP contribution < -0.4 is 10.6 Å². The third-order valence-electron chi connectivity index (χ3n) is 2.83. The lowest BCUT2D eigenvalue weighted by Crippen LogP contribution is -2.25. The molecule has 1 aromatic heterocycles. The SMILES string of the molecule is CCC(N)c1ccc(N(C)CCS(C)(=O)=O)cn1. The molecule has 6 heteroatoms. The lowest BCUT2D eigenvalue weighted by Gasteiger charge is -2.19. The number of rotatable bonds is 6. The van der Waals surface area contributed by atoms with Crippen molar-refractivity contribution in [3.8, 4) is 0 Å². The van der Waals surface area contributed by atoms with Crippen molar-refractivity contribution in [2.24, 2.45) is 5.73 Å². The molecule has 1 aromatic rings. The molecule has 0 aliphatic carbocycles. The minimum Gasteiger partial charge on any atom is -0.372 e. The van der Waals surface area contributed by atoms with E-state index in [-0.39, 0.29) is 11.8 Å². The normalized spacial score (nSPS) is 13.3. The van der Waals surface area contributed by atoms with E-state index in [0.29, 0.717) is 6.54 Å². The van der Waals surface area contributed by atoms with E-state index in [0.717, 1.165) is 17.8 Å². The van der Waals surface area contributed by atoms with Crippen LogP contribution in [-0.2, 0) is 9.84 Å². The number of sulfone groups is 1. The van der Waals surface area contributed by atoms with E-state index in [1.165, 1.54) is 6.26 Å². The first kappa shape index (κ1) is 14.9. The number of hydrogen-bond acceptors (Lipinski definition) is 5. The molecule has 0 spiro atoms. The summed E-state index contributed by atoms with van der Waals surface area (Å²) >= 11 is 0. The summed E-state index contributed by atoms with van der Waals surface area (Å²) in [6, 6.07) is 3.76. The summed E-state index contributed by atoms with van der Waals surface area (Å²) in [7, 11) is -1.09. The van der Waals surface area contributed by atoms with Crippen molar-refractivity contribution in [2.45, 2.75) is 19.4 Å². The fourth-order valence-corrected chi connectivity index (χ4v) is 2.09. The van der Waals surface area contributed by atoms with Gasteiger partial charge in [0.25, 0.3) is 0 Å². The van der Waals surface area contributed by atoms with E-state index in [9.17, 15) is 8.42 Å². The third-order valence-corrected chi connectivity index (χ3v) is 3.75. The van der Waals surface area contributed by atoms with E-state index < -0.39 is 9.84 Å². The third kappa shape index (κ3) is 4.62. The molecule has 0 saturated carbocycles. The summed E-state index contributed by atoms with van der Waals surface area (Å²) in [5.41, 5.74) is 7.63. The van der Waals surface area contributed by atoms with Crippen LogP contribution in [0.15, 0.2) is 18.3 Å². The zero-order chi connectivity index (χ0) is 13.8. The van der Waals surface area contributed by atoms with Crippen LogP contribution in [-0.4, -0.2) is 39.0 Å². The molecule has 5 nitrogen and oxygen atoms in total. The molecule has 0 aromatic carbocycles. The van der Waals surface area contributed by atoms with E-state index in [2.05, 4.69) is 4.98 Å². The minimum atomic E-state index is -2.93. The highest BCUT2D eigenvalue weighted by molar-refractivity contribution is 7.90. The van der Waals surface area contributed by atoms with Gasteiger partial charge in [0.1, 0.15) is 9.84 Å². The molecular weight excluding hydrogens is 250 g/mol. The fraction of sp³-hybridized carbons (Fsp3) is 0.583. The average molecular weight is 271 g/mol. The second-order valence-corrected chi connectivity index (χ2v) is 6.77. The maximum atomic E-state index is 11.1. The van der Waals surface area contributed by atoms with Gasteiger partial charge in [-0.3, -0.25) is 4.98 Å². The molecule has 0 fully saturated rings. The maximum Gasteiger partial charge on any atom is 0.149 e. The second-order valence-electron chi connectivity index (χ2n) is 4.51. The Labute approximate surface area is 109 Å². The number of hydrogen-bond donors (Lipinski definition) is 1. The first-order chi connectivity index (χ1) is 8.33. The van der Waals surface area contributed by atoms with Gasteiger partial charge in [0.2, 0.25) is 0 Å². The zero-order valence-electron chi connectivity index (χ0n) is 11.1. The van der Waals surface area contributed by atoms with Crippen LogP contribution in [0.1, 0.15) is 25.1 Å². The Balaban J connectivity index is 2.67. The van der Waals surface area contributed by atoms with Gasteiger partial charge in [-0.2, -0.15) is 0 Å². The predicted octanol–water partition coefficient (Wildman–Crippen LogP) is 0.972. The highest BCUT2D eigenvalue weighted by Gasteiger charge is 2.08.